The van der Waals surface area contributed by atoms with Gasteiger partial charge in [-0.15, -0.1) is 0 Å². The van der Waals surface area contributed by atoms with E-state index in [1.165, 1.54) is 56.9 Å². The van der Waals surface area contributed by atoms with Crippen molar-refractivity contribution < 1.29 is 14.3 Å². The smallest absolute Gasteiger partial charge is 0.199 e. The van der Waals surface area contributed by atoms with Crippen LogP contribution < -0.4 is 0 Å². The molecule has 4 atom stereocenters. The van der Waals surface area contributed by atoms with Crippen LogP contribution in [0, 0.1) is 17.8 Å². The molecule has 3 rings (SSSR count). The van der Waals surface area contributed by atoms with E-state index < -0.39 is 11.2 Å². The van der Waals surface area contributed by atoms with Gasteiger partial charge in [0.05, 0.1) is 0 Å². The van der Waals surface area contributed by atoms with E-state index in [0.717, 1.165) is 24.2 Å². The Morgan fingerprint density at radius 3 is 1.97 bits per heavy atom. The van der Waals surface area contributed by atoms with Crippen LogP contribution in [0.4, 0.5) is 0 Å². The fraction of sp³-hybridized carbons (Fsp3) is 0.677. The molecule has 4 unspecified atom stereocenters. The van der Waals surface area contributed by atoms with Crippen molar-refractivity contribution in [1.82, 2.24) is 0 Å². The van der Waals surface area contributed by atoms with Crippen molar-refractivity contribution >= 4 is 11.6 Å². The average Bonchev–Trinajstić information content (AvgIpc) is 3.43. The van der Waals surface area contributed by atoms with Gasteiger partial charge >= 0.3 is 0 Å². The Labute approximate surface area is 207 Å². The summed E-state index contributed by atoms with van der Waals surface area (Å²) in [6.45, 7) is 13.3. The van der Waals surface area contributed by atoms with Crippen molar-refractivity contribution in [3.63, 3.8) is 0 Å². The number of fused-ring (bicyclic) bond motifs is 2. The van der Waals surface area contributed by atoms with Gasteiger partial charge in [-0.25, -0.2) is 0 Å². The summed E-state index contributed by atoms with van der Waals surface area (Å²) in [6, 6.07) is 7.12. The summed E-state index contributed by atoms with van der Waals surface area (Å²) < 4.78 is 5.91. The van der Waals surface area contributed by atoms with Crippen LogP contribution in [0.15, 0.2) is 35.9 Å². The average molecular weight is 469 g/mol. The van der Waals surface area contributed by atoms with Gasteiger partial charge in [0, 0.05) is 17.5 Å². The predicted octanol–water partition coefficient (Wildman–Crippen LogP) is 8.37. The molecule has 1 aromatic carbocycles. The Kier molecular flexibility index (Phi) is 8.95. The van der Waals surface area contributed by atoms with Crippen LogP contribution in [0.25, 0.3) is 0 Å². The summed E-state index contributed by atoms with van der Waals surface area (Å²) in [4.78, 5) is 26.1. The first kappa shape index (κ1) is 26.9. The van der Waals surface area contributed by atoms with Crippen LogP contribution in [-0.4, -0.2) is 22.8 Å². The van der Waals surface area contributed by atoms with E-state index in [2.05, 4.69) is 40.7 Å². The summed E-state index contributed by atoms with van der Waals surface area (Å²) in [7, 11) is 0. The minimum atomic E-state index is -1.00. The second-order valence-electron chi connectivity index (χ2n) is 11.8. The third kappa shape index (κ3) is 5.90. The molecule has 1 aliphatic carbocycles. The second-order valence-corrected chi connectivity index (χ2v) is 11.8. The van der Waals surface area contributed by atoms with Crippen LogP contribution in [0.1, 0.15) is 126 Å². The number of rotatable bonds is 14. The van der Waals surface area contributed by atoms with Crippen molar-refractivity contribution in [3.05, 3.63) is 47.0 Å². The highest BCUT2D eigenvalue weighted by atomic mass is 18.4. The summed E-state index contributed by atoms with van der Waals surface area (Å²) in [5.41, 5.74) is 0.297. The highest BCUT2D eigenvalue weighted by Crippen LogP contribution is 2.57. The summed E-state index contributed by atoms with van der Waals surface area (Å²) in [5, 5.41) is 0. The number of hydrogen-bond donors (Lipinski definition) is 0. The second kappa shape index (κ2) is 11.3. The van der Waals surface area contributed by atoms with Crippen molar-refractivity contribution in [3.8, 4) is 0 Å². The van der Waals surface area contributed by atoms with E-state index in [-0.39, 0.29) is 11.6 Å². The molecule has 34 heavy (non-hydrogen) atoms. The van der Waals surface area contributed by atoms with E-state index >= 15 is 0 Å². The summed E-state index contributed by atoms with van der Waals surface area (Å²) in [6.07, 6.45) is 14.2. The first-order chi connectivity index (χ1) is 16.1. The van der Waals surface area contributed by atoms with Gasteiger partial charge in [-0.1, -0.05) is 109 Å². The molecule has 0 spiro atoms. The van der Waals surface area contributed by atoms with E-state index in [1.54, 1.807) is 19.1 Å². The highest BCUT2D eigenvalue weighted by Gasteiger charge is 2.77. The molecule has 0 aromatic heterocycles. The number of ketones is 2. The van der Waals surface area contributed by atoms with Crippen LogP contribution in [-0.2, 0) is 4.74 Å². The molecule has 0 radical (unpaired) electrons. The molecule has 3 heteroatoms. The molecule has 0 saturated carbocycles. The summed E-state index contributed by atoms with van der Waals surface area (Å²) >= 11 is 0. The number of hydrogen-bond acceptors (Lipinski definition) is 3. The van der Waals surface area contributed by atoms with Gasteiger partial charge in [0.15, 0.2) is 22.8 Å². The number of epoxide rings is 1. The lowest BCUT2D eigenvalue weighted by molar-refractivity contribution is 0.0847. The quantitative estimate of drug-likeness (QED) is 0.156. The monoisotopic (exact) mass is 468 g/mol. The van der Waals surface area contributed by atoms with Crippen molar-refractivity contribution in [2.75, 3.05) is 0 Å². The van der Waals surface area contributed by atoms with E-state index in [1.807, 2.05) is 12.1 Å². The normalized spacial score (nSPS) is 25.8. The number of carbonyl (C=O) groups excluding carboxylic acids is 2. The largest absolute Gasteiger partial charge is 0.345 e. The van der Waals surface area contributed by atoms with E-state index in [4.69, 9.17) is 4.74 Å². The number of Topliss-reactive ketones (excluding diaryl/α,β-unsaturated/α-hetero) is 2. The lowest BCUT2D eigenvalue weighted by Gasteiger charge is -2.22. The van der Waals surface area contributed by atoms with Gasteiger partial charge in [0.1, 0.15) is 0 Å². The molecule has 1 aliphatic heterocycles. The molecule has 0 amide bonds. The lowest BCUT2D eigenvalue weighted by atomic mass is 9.73. The van der Waals surface area contributed by atoms with Crippen LogP contribution in [0.3, 0.4) is 0 Å². The third-order valence-corrected chi connectivity index (χ3v) is 8.20. The zero-order chi connectivity index (χ0) is 24.9. The Morgan fingerprint density at radius 1 is 0.853 bits per heavy atom. The number of ether oxygens (including phenoxy) is 1. The maximum atomic E-state index is 13.2. The predicted molar refractivity (Wildman–Crippen MR) is 140 cm³/mol. The maximum absolute atomic E-state index is 13.2. The van der Waals surface area contributed by atoms with Gasteiger partial charge < -0.3 is 4.74 Å². The van der Waals surface area contributed by atoms with Crippen LogP contribution >= 0.6 is 0 Å². The zero-order valence-electron chi connectivity index (χ0n) is 22.4. The summed E-state index contributed by atoms with van der Waals surface area (Å²) in [5.74, 6) is 2.34. The molecule has 3 nitrogen and oxygen atoms in total. The molecular weight excluding hydrogens is 422 g/mol. The molecular formula is C31H46O3. The van der Waals surface area contributed by atoms with E-state index in [0.29, 0.717) is 17.5 Å². The van der Waals surface area contributed by atoms with Gasteiger partial charge in [0.25, 0.3) is 0 Å². The standard InChI is InChI=1S/C31H46O3/c1-22(2)12-9-13-23(3)14-10-15-24(4)16-11-17-25(5)20-21-31-29(33)27-19-8-7-18-26(27)28(32)30(31,6)34-31/h7-8,18-20,22-24H,9-17,21H2,1-6H3/b25-20+/i34+2. The van der Waals surface area contributed by atoms with Gasteiger partial charge in [-0.3, -0.25) is 9.59 Å². The number of carbonyl (C=O) groups is 2. The van der Waals surface area contributed by atoms with Crippen molar-refractivity contribution in [2.45, 2.75) is 117 Å². The Morgan fingerprint density at radius 2 is 1.38 bits per heavy atom. The van der Waals surface area contributed by atoms with Crippen LogP contribution in [0.5, 0.6) is 0 Å². The first-order valence-corrected chi connectivity index (χ1v) is 13.6. The molecule has 1 saturated heterocycles. The van der Waals surface area contributed by atoms with Crippen LogP contribution in [0.2, 0.25) is 0 Å². The molecule has 1 fully saturated rings. The fourth-order valence-electron chi connectivity index (χ4n) is 5.63. The number of allylic oxidation sites excluding steroid dienone is 1. The first-order valence-electron chi connectivity index (χ1n) is 13.6. The maximum Gasteiger partial charge on any atom is 0.199 e. The number of benzene rings is 1. The SMILES string of the molecule is C/C(=C\CC12[18O]C1(C)C(=O)c1ccccc1C2=O)CCCC(C)CCCC(C)CCCC(C)C. The molecule has 2 aliphatic rings. The fourth-order valence-corrected chi connectivity index (χ4v) is 5.63. The van der Waals surface area contributed by atoms with Gasteiger partial charge in [-0.2, -0.15) is 0 Å². The Balaban J connectivity index is 1.39. The van der Waals surface area contributed by atoms with Gasteiger partial charge in [-0.05, 0) is 44.4 Å². The lowest BCUT2D eigenvalue weighted by Crippen LogP contribution is -2.43. The topological polar surface area (TPSA) is 46.7 Å². The zero-order valence-corrected chi connectivity index (χ0v) is 22.4. The Hall–Kier alpha value is -1.74. The highest BCUT2D eigenvalue weighted by molar-refractivity contribution is 6.25. The van der Waals surface area contributed by atoms with Crippen molar-refractivity contribution in [2.24, 2.45) is 17.8 Å². The molecule has 1 aromatic rings. The minimum absolute atomic E-state index is 0.0405. The van der Waals surface area contributed by atoms with Crippen molar-refractivity contribution in [1.29, 1.82) is 0 Å². The molecule has 188 valence electrons. The Bertz CT molecular complexity index is 898. The minimum Gasteiger partial charge on any atom is -0.345 e. The van der Waals surface area contributed by atoms with Gasteiger partial charge in [0.2, 0.25) is 0 Å². The molecule has 0 N–H and O–H groups in total. The molecule has 1 heterocycles. The van der Waals surface area contributed by atoms with E-state index in [9.17, 15) is 9.59 Å². The third-order valence-electron chi connectivity index (χ3n) is 8.20. The molecule has 0 bridgehead atoms.